The summed E-state index contributed by atoms with van der Waals surface area (Å²) in [6.45, 7) is 4.23. The van der Waals surface area contributed by atoms with E-state index in [0.717, 1.165) is 0 Å². The molecule has 0 saturated carbocycles. The molecule has 0 aliphatic carbocycles. The van der Waals surface area contributed by atoms with Crippen LogP contribution in [0.5, 0.6) is 0 Å². The second kappa shape index (κ2) is 7.57. The average Bonchev–Trinajstić information content (AvgIpc) is 2.48. The van der Waals surface area contributed by atoms with Crippen LogP contribution in [0.25, 0.3) is 0 Å². The Morgan fingerprint density at radius 1 is 0.810 bits per heavy atom. The van der Waals surface area contributed by atoms with Gasteiger partial charge in [-0.05, 0) is 25.0 Å². The van der Waals surface area contributed by atoms with Crippen molar-refractivity contribution in [2.45, 2.75) is 25.9 Å². The molecule has 5 heteroatoms. The number of rotatable bonds is 6. The van der Waals surface area contributed by atoms with Crippen LogP contribution in [-0.2, 0) is 11.8 Å². The quantitative estimate of drug-likeness (QED) is 0.520. The molecule has 2 nitrogen and oxygen atoms in total. The zero-order chi connectivity index (χ0) is 15.3. The Kier molecular flexibility index (Phi) is 6.03. The monoisotopic (exact) mass is 336 g/mol. The lowest BCUT2D eigenvalue weighted by Gasteiger charge is -2.27. The van der Waals surface area contributed by atoms with Crippen molar-refractivity contribution in [2.24, 2.45) is 0 Å². The summed E-state index contributed by atoms with van der Waals surface area (Å²) in [5.74, 6) is 0. The summed E-state index contributed by atoms with van der Waals surface area (Å²) in [6.07, 6.45) is 0. The summed E-state index contributed by atoms with van der Waals surface area (Å²) < 4.78 is 0. The van der Waals surface area contributed by atoms with Crippen molar-refractivity contribution in [3.63, 3.8) is 0 Å². The number of thiol groups is 1. The lowest BCUT2D eigenvalue weighted by molar-refractivity contribution is 0.703. The van der Waals surface area contributed by atoms with Crippen molar-refractivity contribution in [1.82, 2.24) is 10.2 Å². The number of benzene rings is 2. The molecule has 0 radical (unpaired) electrons. The van der Waals surface area contributed by atoms with Crippen LogP contribution in [0, 0.1) is 0 Å². The first-order valence-corrected chi connectivity index (χ1v) is 10.9. The van der Waals surface area contributed by atoms with Gasteiger partial charge in [0.15, 0.2) is 0 Å². The van der Waals surface area contributed by atoms with Crippen LogP contribution < -0.4 is 10.2 Å². The van der Waals surface area contributed by atoms with Gasteiger partial charge in [-0.2, -0.15) is 0 Å². The van der Waals surface area contributed by atoms with E-state index in [4.69, 9.17) is 11.8 Å². The molecular weight excluding hydrogens is 315 g/mol. The molecule has 0 amide bonds. The first-order chi connectivity index (χ1) is 9.98. The van der Waals surface area contributed by atoms with Crippen LogP contribution in [0.3, 0.4) is 0 Å². The molecule has 0 aliphatic rings. The van der Waals surface area contributed by atoms with E-state index in [9.17, 15) is 0 Å². The van der Waals surface area contributed by atoms with Crippen LogP contribution in [-0.4, -0.2) is 0 Å². The van der Waals surface area contributed by atoms with E-state index in [0.29, 0.717) is 0 Å². The molecule has 2 atom stereocenters. The van der Waals surface area contributed by atoms with Gasteiger partial charge in [-0.1, -0.05) is 72.5 Å². The Labute approximate surface area is 137 Å². The first kappa shape index (κ1) is 16.7. The highest BCUT2D eigenvalue weighted by atomic mass is 32.9. The molecule has 21 heavy (non-hydrogen) atoms. The van der Waals surface area contributed by atoms with Crippen LogP contribution in [0.1, 0.15) is 37.1 Å². The molecule has 2 aromatic rings. The predicted octanol–water partition coefficient (Wildman–Crippen LogP) is 4.84. The molecule has 0 heterocycles. The van der Waals surface area contributed by atoms with Gasteiger partial charge in [0.2, 0.25) is 0 Å². The summed E-state index contributed by atoms with van der Waals surface area (Å²) >= 11 is 10.3. The van der Waals surface area contributed by atoms with E-state index < -0.39 is 5.54 Å². The van der Waals surface area contributed by atoms with Crippen LogP contribution >= 0.6 is 17.8 Å². The fourth-order valence-corrected chi connectivity index (χ4v) is 5.61. The van der Waals surface area contributed by atoms with E-state index >= 15 is 0 Å². The Morgan fingerprint density at radius 3 is 1.48 bits per heavy atom. The van der Waals surface area contributed by atoms with E-state index in [-0.39, 0.29) is 12.1 Å². The summed E-state index contributed by atoms with van der Waals surface area (Å²) in [7, 11) is 0. The third-order valence-electron chi connectivity index (χ3n) is 3.34. The molecule has 0 aromatic heterocycles. The number of nitrogens with one attached hydrogen (secondary N) is 2. The smallest absolute Gasteiger partial charge is 0.125 e. The molecule has 2 aromatic carbocycles. The second-order valence-corrected chi connectivity index (χ2v) is 11.0. The maximum absolute atomic E-state index is 5.65. The van der Waals surface area contributed by atoms with Gasteiger partial charge in [-0.15, -0.1) is 12.2 Å². The number of hydrogen-bond donors (Lipinski definition) is 3. The first-order valence-electron chi connectivity index (χ1n) is 6.96. The van der Waals surface area contributed by atoms with Crippen molar-refractivity contribution in [2.75, 3.05) is 0 Å². The van der Waals surface area contributed by atoms with Gasteiger partial charge in [-0.25, -0.2) is 0 Å². The van der Waals surface area contributed by atoms with Crippen molar-refractivity contribution < 1.29 is 0 Å². The Bertz CT molecular complexity index is 553. The molecule has 0 fully saturated rings. The molecule has 2 N–H and O–H groups in total. The summed E-state index contributed by atoms with van der Waals surface area (Å²) in [4.78, 5) is 0. The van der Waals surface area contributed by atoms with Gasteiger partial charge in [0, 0.05) is 12.1 Å². The van der Waals surface area contributed by atoms with Crippen molar-refractivity contribution in [3.05, 3.63) is 71.8 Å². The standard InChI is InChI=1S/C16H21N2PS2/c1-13(15-9-5-3-6-10-15)17-19(20,21)18-14(2)16-11-7-4-8-12-16/h3-14H,1-2H3,(H3,17,18,20,21). The summed E-state index contributed by atoms with van der Waals surface area (Å²) in [5.41, 5.74) is 0.327. The van der Waals surface area contributed by atoms with E-state index in [1.54, 1.807) is 0 Å². The van der Waals surface area contributed by atoms with Crippen LogP contribution in [0.15, 0.2) is 60.7 Å². The van der Waals surface area contributed by atoms with E-state index in [2.05, 4.69) is 60.5 Å². The maximum Gasteiger partial charge on any atom is 0.125 e. The average molecular weight is 336 g/mol. The minimum atomic E-state index is -2.11. The fourth-order valence-electron chi connectivity index (χ4n) is 2.19. The molecule has 0 bridgehead atoms. The zero-order valence-corrected chi connectivity index (χ0v) is 14.8. The van der Waals surface area contributed by atoms with Crippen LogP contribution in [0.2, 0.25) is 0 Å². The minimum absolute atomic E-state index is 0.171. The molecule has 0 saturated heterocycles. The topological polar surface area (TPSA) is 24.1 Å². The molecule has 2 rings (SSSR count). The zero-order valence-electron chi connectivity index (χ0n) is 12.2. The van der Waals surface area contributed by atoms with Gasteiger partial charge in [-0.3, -0.25) is 10.2 Å². The third kappa shape index (κ3) is 5.24. The highest BCUT2D eigenvalue weighted by molar-refractivity contribution is 8.62. The van der Waals surface area contributed by atoms with Gasteiger partial charge in [0.25, 0.3) is 0 Å². The highest BCUT2D eigenvalue weighted by Crippen LogP contribution is 2.46. The fraction of sp³-hybridized carbons (Fsp3) is 0.250. The largest absolute Gasteiger partial charge is 0.263 e. The number of hydrogen-bond acceptors (Lipinski definition) is 1. The van der Waals surface area contributed by atoms with E-state index in [1.165, 1.54) is 11.1 Å². The SMILES string of the molecule is CC(NP(=S)(S)NC(C)c1ccccc1)c1ccccc1. The Hall–Kier alpha value is -0.640. The Balaban J connectivity index is 2.00. The lowest BCUT2D eigenvalue weighted by atomic mass is 10.1. The molecule has 2 unspecified atom stereocenters. The predicted molar refractivity (Wildman–Crippen MR) is 99.3 cm³/mol. The molecule has 0 spiro atoms. The summed E-state index contributed by atoms with van der Waals surface area (Å²) in [5, 5.41) is 6.90. The van der Waals surface area contributed by atoms with Crippen LogP contribution in [0.4, 0.5) is 0 Å². The Morgan fingerprint density at radius 2 is 1.14 bits per heavy atom. The van der Waals surface area contributed by atoms with Gasteiger partial charge < -0.3 is 0 Å². The van der Waals surface area contributed by atoms with E-state index in [1.807, 2.05) is 36.4 Å². The third-order valence-corrected chi connectivity index (χ3v) is 6.14. The second-order valence-electron chi connectivity index (χ2n) is 5.10. The molecule has 112 valence electrons. The molecule has 0 aliphatic heterocycles. The minimum Gasteiger partial charge on any atom is -0.263 e. The lowest BCUT2D eigenvalue weighted by Crippen LogP contribution is -2.24. The highest BCUT2D eigenvalue weighted by Gasteiger charge is 2.18. The van der Waals surface area contributed by atoms with Gasteiger partial charge >= 0.3 is 0 Å². The van der Waals surface area contributed by atoms with Crippen molar-refractivity contribution in [1.29, 1.82) is 0 Å². The maximum atomic E-state index is 5.65. The summed E-state index contributed by atoms with van der Waals surface area (Å²) in [6, 6.07) is 20.9. The van der Waals surface area contributed by atoms with Crippen molar-refractivity contribution in [3.8, 4) is 0 Å². The molecular formula is C16H21N2PS2. The normalized spacial score (nSPS) is 16.9. The van der Waals surface area contributed by atoms with Crippen molar-refractivity contribution >= 4 is 29.6 Å². The van der Waals surface area contributed by atoms with Gasteiger partial charge in [0.05, 0.1) is 0 Å². The van der Waals surface area contributed by atoms with Gasteiger partial charge in [0.1, 0.15) is 5.54 Å².